The monoisotopic (exact) mass is 296 g/mol. The van der Waals surface area contributed by atoms with Gasteiger partial charge in [-0.05, 0) is 37.1 Å². The molecule has 1 aliphatic rings. The zero-order chi connectivity index (χ0) is 14.4. The Morgan fingerprint density at radius 3 is 2.65 bits per heavy atom. The van der Waals surface area contributed by atoms with Crippen molar-refractivity contribution in [1.82, 2.24) is 10.0 Å². The van der Waals surface area contributed by atoms with Crippen molar-refractivity contribution in [1.29, 1.82) is 0 Å². The maximum absolute atomic E-state index is 12.4. The molecule has 1 fully saturated rings. The Labute approximate surface area is 122 Å². The van der Waals surface area contributed by atoms with E-state index in [1.807, 2.05) is 19.1 Å². The van der Waals surface area contributed by atoms with Crippen LogP contribution in [-0.4, -0.2) is 21.0 Å². The molecule has 4 nitrogen and oxygen atoms in total. The quantitative estimate of drug-likeness (QED) is 0.847. The summed E-state index contributed by atoms with van der Waals surface area (Å²) in [6, 6.07) is 7.28. The van der Waals surface area contributed by atoms with E-state index >= 15 is 0 Å². The van der Waals surface area contributed by atoms with E-state index in [4.69, 9.17) is 0 Å². The molecule has 20 heavy (non-hydrogen) atoms. The summed E-state index contributed by atoms with van der Waals surface area (Å²) < 4.78 is 27.6. The summed E-state index contributed by atoms with van der Waals surface area (Å²) in [5.74, 6) is 0. The van der Waals surface area contributed by atoms with Crippen molar-refractivity contribution in [3.8, 4) is 0 Å². The maximum Gasteiger partial charge on any atom is 0.240 e. The molecule has 1 aliphatic carbocycles. The minimum absolute atomic E-state index is 0.103. The molecular formula is C15H24N2O2S. The Bertz CT molecular complexity index is 522. The third kappa shape index (κ3) is 4.30. The fourth-order valence-corrected chi connectivity index (χ4v) is 3.97. The lowest BCUT2D eigenvalue weighted by Crippen LogP contribution is -2.36. The van der Waals surface area contributed by atoms with Crippen LogP contribution in [0.1, 0.15) is 44.6 Å². The van der Waals surface area contributed by atoms with E-state index in [-0.39, 0.29) is 6.04 Å². The Balaban J connectivity index is 2.07. The van der Waals surface area contributed by atoms with Crippen LogP contribution in [0.25, 0.3) is 0 Å². The molecule has 0 saturated heterocycles. The molecule has 0 atom stereocenters. The fraction of sp³-hybridized carbons (Fsp3) is 0.600. The molecule has 1 saturated carbocycles. The van der Waals surface area contributed by atoms with Crippen molar-refractivity contribution in [3.63, 3.8) is 0 Å². The van der Waals surface area contributed by atoms with Gasteiger partial charge in [0.2, 0.25) is 10.0 Å². The molecule has 0 spiro atoms. The molecule has 0 aromatic heterocycles. The summed E-state index contributed by atoms with van der Waals surface area (Å²) in [5.41, 5.74) is 0.998. The highest BCUT2D eigenvalue weighted by atomic mass is 32.2. The van der Waals surface area contributed by atoms with Gasteiger partial charge in [0.05, 0.1) is 4.90 Å². The molecule has 0 heterocycles. The van der Waals surface area contributed by atoms with E-state index in [0.717, 1.165) is 37.8 Å². The minimum Gasteiger partial charge on any atom is -0.313 e. The Hall–Kier alpha value is -0.910. The van der Waals surface area contributed by atoms with Crippen LogP contribution in [0, 0.1) is 0 Å². The smallest absolute Gasteiger partial charge is 0.240 e. The van der Waals surface area contributed by atoms with Crippen molar-refractivity contribution in [3.05, 3.63) is 29.8 Å². The van der Waals surface area contributed by atoms with Crippen LogP contribution in [0.4, 0.5) is 0 Å². The summed E-state index contributed by atoms with van der Waals surface area (Å²) >= 11 is 0. The van der Waals surface area contributed by atoms with Gasteiger partial charge in [-0.2, -0.15) is 0 Å². The number of hydrogen-bond donors (Lipinski definition) is 2. The molecule has 0 bridgehead atoms. The second kappa shape index (κ2) is 7.20. The zero-order valence-corrected chi connectivity index (χ0v) is 12.9. The largest absolute Gasteiger partial charge is 0.313 e. The Morgan fingerprint density at radius 2 is 1.95 bits per heavy atom. The van der Waals surface area contributed by atoms with Crippen molar-refractivity contribution >= 4 is 10.0 Å². The third-order valence-electron chi connectivity index (χ3n) is 3.71. The number of sulfonamides is 1. The fourth-order valence-electron chi connectivity index (χ4n) is 2.60. The van der Waals surface area contributed by atoms with Gasteiger partial charge in [-0.25, -0.2) is 13.1 Å². The number of hydrogen-bond acceptors (Lipinski definition) is 3. The predicted octanol–water partition coefficient (Wildman–Crippen LogP) is 2.41. The minimum atomic E-state index is -3.39. The van der Waals surface area contributed by atoms with Gasteiger partial charge >= 0.3 is 0 Å². The molecule has 1 aromatic carbocycles. The Kier molecular flexibility index (Phi) is 5.57. The predicted molar refractivity (Wildman–Crippen MR) is 81.0 cm³/mol. The number of rotatable bonds is 6. The second-order valence-corrected chi connectivity index (χ2v) is 7.10. The maximum atomic E-state index is 12.4. The van der Waals surface area contributed by atoms with E-state index in [0.29, 0.717) is 11.4 Å². The molecule has 0 amide bonds. The van der Waals surface area contributed by atoms with Crippen LogP contribution < -0.4 is 10.0 Å². The first kappa shape index (κ1) is 15.5. The van der Waals surface area contributed by atoms with Gasteiger partial charge in [0.25, 0.3) is 0 Å². The van der Waals surface area contributed by atoms with E-state index in [1.54, 1.807) is 12.1 Å². The van der Waals surface area contributed by atoms with Crippen molar-refractivity contribution in [2.45, 2.75) is 56.5 Å². The van der Waals surface area contributed by atoms with Crippen LogP contribution in [0.2, 0.25) is 0 Å². The molecular weight excluding hydrogens is 272 g/mol. The van der Waals surface area contributed by atoms with Gasteiger partial charge in [-0.1, -0.05) is 38.3 Å². The molecule has 2 N–H and O–H groups in total. The average Bonchev–Trinajstić information content (AvgIpc) is 2.46. The topological polar surface area (TPSA) is 58.2 Å². The summed E-state index contributed by atoms with van der Waals surface area (Å²) in [5, 5.41) is 3.21. The van der Waals surface area contributed by atoms with Gasteiger partial charge in [0.15, 0.2) is 0 Å². The molecule has 2 rings (SSSR count). The average molecular weight is 296 g/mol. The van der Waals surface area contributed by atoms with Crippen molar-refractivity contribution in [2.75, 3.05) is 6.54 Å². The zero-order valence-electron chi connectivity index (χ0n) is 12.1. The second-order valence-electron chi connectivity index (χ2n) is 5.38. The van der Waals surface area contributed by atoms with E-state index in [2.05, 4.69) is 10.0 Å². The SMILES string of the molecule is CCNCc1cccc(S(=O)(=O)NC2CCCCC2)c1. The van der Waals surface area contributed by atoms with Gasteiger partial charge in [-0.15, -0.1) is 0 Å². The van der Waals surface area contributed by atoms with Crippen LogP contribution >= 0.6 is 0 Å². The number of benzene rings is 1. The molecule has 0 unspecified atom stereocenters. The molecule has 0 aliphatic heterocycles. The summed E-state index contributed by atoms with van der Waals surface area (Å²) in [7, 11) is -3.39. The highest BCUT2D eigenvalue weighted by molar-refractivity contribution is 7.89. The standard InChI is InChI=1S/C15H24N2O2S/c1-2-16-12-13-7-6-10-15(11-13)20(18,19)17-14-8-4-3-5-9-14/h6-7,10-11,14,16-17H,2-5,8-9,12H2,1H3. The van der Waals surface area contributed by atoms with Gasteiger partial charge in [0.1, 0.15) is 0 Å². The lowest BCUT2D eigenvalue weighted by molar-refractivity contribution is 0.412. The molecule has 0 radical (unpaired) electrons. The van der Waals surface area contributed by atoms with E-state index < -0.39 is 10.0 Å². The Morgan fingerprint density at radius 1 is 1.20 bits per heavy atom. The normalized spacial score (nSPS) is 17.2. The lowest BCUT2D eigenvalue weighted by atomic mass is 9.96. The van der Waals surface area contributed by atoms with Crippen LogP contribution in [0.5, 0.6) is 0 Å². The highest BCUT2D eigenvalue weighted by Crippen LogP contribution is 2.20. The van der Waals surface area contributed by atoms with Gasteiger partial charge < -0.3 is 5.32 Å². The third-order valence-corrected chi connectivity index (χ3v) is 5.23. The summed E-state index contributed by atoms with van der Waals surface area (Å²) in [6.45, 7) is 3.60. The van der Waals surface area contributed by atoms with Crippen LogP contribution in [-0.2, 0) is 16.6 Å². The van der Waals surface area contributed by atoms with Crippen LogP contribution in [0.3, 0.4) is 0 Å². The first-order valence-corrected chi connectivity index (χ1v) is 8.92. The highest BCUT2D eigenvalue weighted by Gasteiger charge is 2.21. The lowest BCUT2D eigenvalue weighted by Gasteiger charge is -2.22. The number of nitrogens with one attached hydrogen (secondary N) is 2. The van der Waals surface area contributed by atoms with Crippen LogP contribution in [0.15, 0.2) is 29.2 Å². The molecule has 1 aromatic rings. The first-order chi connectivity index (χ1) is 9.62. The van der Waals surface area contributed by atoms with Gasteiger partial charge in [-0.3, -0.25) is 0 Å². The van der Waals surface area contributed by atoms with E-state index in [9.17, 15) is 8.42 Å². The van der Waals surface area contributed by atoms with E-state index in [1.165, 1.54) is 6.42 Å². The van der Waals surface area contributed by atoms with Gasteiger partial charge in [0, 0.05) is 12.6 Å². The molecule has 5 heteroatoms. The summed E-state index contributed by atoms with van der Waals surface area (Å²) in [4.78, 5) is 0.374. The van der Waals surface area contributed by atoms with Crippen molar-refractivity contribution in [2.24, 2.45) is 0 Å². The van der Waals surface area contributed by atoms with Crippen molar-refractivity contribution < 1.29 is 8.42 Å². The molecule has 112 valence electrons. The first-order valence-electron chi connectivity index (χ1n) is 7.44. The summed E-state index contributed by atoms with van der Waals surface area (Å²) in [6.07, 6.45) is 5.37.